The van der Waals surface area contributed by atoms with Crippen LogP contribution in [-0.4, -0.2) is 38.3 Å². The highest BCUT2D eigenvalue weighted by Gasteiger charge is 2.45. The number of anilines is 1. The SMILES string of the molecule is Cc1cccc(S(=O)(=O)N2CCC3=CC(Nc4ccc(F)cc4)=C(C=N)C[C@]3(C=O)C2)c1. The van der Waals surface area contributed by atoms with Gasteiger partial charge in [-0.05, 0) is 73.4 Å². The Bertz CT molecular complexity index is 1240. The number of aryl methyl sites for hydroxylation is 1. The Morgan fingerprint density at radius 2 is 1.94 bits per heavy atom. The summed E-state index contributed by atoms with van der Waals surface area (Å²) in [5.74, 6) is -0.346. The van der Waals surface area contributed by atoms with Crippen molar-refractivity contribution < 1.29 is 17.6 Å². The smallest absolute Gasteiger partial charge is 0.243 e. The third-order valence-electron chi connectivity index (χ3n) is 6.05. The van der Waals surface area contributed by atoms with Gasteiger partial charge in [0.2, 0.25) is 10.0 Å². The molecule has 6 nitrogen and oxygen atoms in total. The highest BCUT2D eigenvalue weighted by atomic mass is 32.2. The Kier molecular flexibility index (Phi) is 5.83. The molecule has 166 valence electrons. The number of aldehydes is 1. The first-order valence-electron chi connectivity index (χ1n) is 10.3. The van der Waals surface area contributed by atoms with E-state index in [1.807, 2.05) is 19.1 Å². The number of piperidine rings is 1. The number of hydrogen-bond acceptors (Lipinski definition) is 5. The van der Waals surface area contributed by atoms with E-state index in [1.165, 1.54) is 22.7 Å². The molecule has 1 heterocycles. The number of carbonyl (C=O) groups is 1. The van der Waals surface area contributed by atoms with Gasteiger partial charge in [0.15, 0.2) is 0 Å². The first-order chi connectivity index (χ1) is 15.3. The van der Waals surface area contributed by atoms with Gasteiger partial charge in [-0.15, -0.1) is 0 Å². The van der Waals surface area contributed by atoms with E-state index in [9.17, 15) is 17.6 Å². The summed E-state index contributed by atoms with van der Waals surface area (Å²) in [6.07, 6.45) is 4.45. The van der Waals surface area contributed by atoms with Crippen molar-refractivity contribution in [2.75, 3.05) is 18.4 Å². The van der Waals surface area contributed by atoms with Crippen LogP contribution >= 0.6 is 0 Å². The van der Waals surface area contributed by atoms with Gasteiger partial charge in [-0.2, -0.15) is 4.31 Å². The molecule has 2 aromatic carbocycles. The molecule has 32 heavy (non-hydrogen) atoms. The fraction of sp³-hybridized carbons (Fsp3) is 0.250. The van der Waals surface area contributed by atoms with E-state index in [-0.39, 0.29) is 30.2 Å². The molecule has 4 rings (SSSR count). The monoisotopic (exact) mass is 453 g/mol. The van der Waals surface area contributed by atoms with Crippen LogP contribution < -0.4 is 5.32 Å². The highest BCUT2D eigenvalue weighted by molar-refractivity contribution is 7.89. The molecule has 0 bridgehead atoms. The summed E-state index contributed by atoms with van der Waals surface area (Å²) in [6, 6.07) is 12.6. The standard InChI is InChI=1S/C24H24FN3O3S/c1-17-3-2-4-22(11-17)32(30,31)28-10-9-19-12-23(27-21-7-5-20(25)6-8-21)18(14-26)13-24(19,15-28)16-29/h2-8,11-12,14,16,26-27H,9-10,13,15H2,1H3/t24-/m1/s1. The van der Waals surface area contributed by atoms with Crippen LogP contribution in [0.2, 0.25) is 0 Å². The maximum atomic E-state index is 13.2. The summed E-state index contributed by atoms with van der Waals surface area (Å²) < 4.78 is 41.1. The molecule has 1 fully saturated rings. The first kappa shape index (κ1) is 22.1. The summed E-state index contributed by atoms with van der Waals surface area (Å²) in [5.41, 5.74) is 2.57. The summed E-state index contributed by atoms with van der Waals surface area (Å²) >= 11 is 0. The lowest BCUT2D eigenvalue weighted by Gasteiger charge is -2.43. The normalized spacial score (nSPS) is 21.5. The van der Waals surface area contributed by atoms with E-state index in [2.05, 4.69) is 5.32 Å². The van der Waals surface area contributed by atoms with Crippen LogP contribution in [0.1, 0.15) is 18.4 Å². The van der Waals surface area contributed by atoms with E-state index in [0.717, 1.165) is 17.4 Å². The molecule has 0 saturated carbocycles. The maximum absolute atomic E-state index is 13.2. The van der Waals surface area contributed by atoms with Gasteiger partial charge in [0.05, 0.1) is 10.3 Å². The van der Waals surface area contributed by atoms with E-state index >= 15 is 0 Å². The van der Waals surface area contributed by atoms with Crippen molar-refractivity contribution in [3.63, 3.8) is 0 Å². The predicted octanol–water partition coefficient (Wildman–Crippen LogP) is 4.06. The van der Waals surface area contributed by atoms with Gasteiger partial charge >= 0.3 is 0 Å². The molecule has 1 saturated heterocycles. The Labute approximate surface area is 187 Å². The summed E-state index contributed by atoms with van der Waals surface area (Å²) in [6.45, 7) is 2.13. The van der Waals surface area contributed by atoms with Crippen molar-refractivity contribution >= 4 is 28.2 Å². The number of halogens is 1. The molecule has 2 aliphatic rings. The second-order valence-corrected chi connectivity index (χ2v) is 10.2. The average molecular weight is 454 g/mol. The fourth-order valence-corrected chi connectivity index (χ4v) is 5.91. The van der Waals surface area contributed by atoms with Crippen molar-refractivity contribution in [1.82, 2.24) is 4.31 Å². The fourth-order valence-electron chi connectivity index (χ4n) is 4.30. The predicted molar refractivity (Wildman–Crippen MR) is 122 cm³/mol. The van der Waals surface area contributed by atoms with E-state index in [4.69, 9.17) is 5.41 Å². The van der Waals surface area contributed by atoms with Crippen molar-refractivity contribution in [1.29, 1.82) is 5.41 Å². The van der Waals surface area contributed by atoms with Crippen LogP contribution in [0.15, 0.2) is 76.3 Å². The van der Waals surface area contributed by atoms with Crippen LogP contribution in [0.25, 0.3) is 0 Å². The Hall–Kier alpha value is -3.10. The second-order valence-electron chi connectivity index (χ2n) is 8.24. The van der Waals surface area contributed by atoms with Gasteiger partial charge in [-0.1, -0.05) is 17.7 Å². The number of carbonyl (C=O) groups excluding carboxylic acids is 1. The zero-order valence-corrected chi connectivity index (χ0v) is 18.5. The first-order valence-corrected chi connectivity index (χ1v) is 11.7. The van der Waals surface area contributed by atoms with Gasteiger partial charge in [0, 0.05) is 30.7 Å². The molecular formula is C24H24FN3O3S. The van der Waals surface area contributed by atoms with Crippen LogP contribution in [0.3, 0.4) is 0 Å². The number of rotatable bonds is 6. The number of allylic oxidation sites excluding steroid dienone is 2. The number of hydrogen-bond donors (Lipinski definition) is 2. The highest BCUT2D eigenvalue weighted by Crippen LogP contribution is 2.44. The maximum Gasteiger partial charge on any atom is 0.243 e. The number of fused-ring (bicyclic) bond motifs is 1. The van der Waals surface area contributed by atoms with E-state index in [1.54, 1.807) is 30.3 Å². The van der Waals surface area contributed by atoms with Crippen LogP contribution in [0, 0.1) is 23.6 Å². The topological polar surface area (TPSA) is 90.3 Å². The summed E-state index contributed by atoms with van der Waals surface area (Å²) in [7, 11) is -3.75. The zero-order chi connectivity index (χ0) is 22.9. The number of nitrogens with zero attached hydrogens (tertiary/aromatic N) is 1. The lowest BCUT2D eigenvalue weighted by atomic mass is 9.69. The minimum Gasteiger partial charge on any atom is -0.355 e. The molecule has 1 aliphatic heterocycles. The molecular weight excluding hydrogens is 429 g/mol. The van der Waals surface area contributed by atoms with Gasteiger partial charge in [-0.25, -0.2) is 12.8 Å². The van der Waals surface area contributed by atoms with Crippen LogP contribution in [-0.2, 0) is 14.8 Å². The minimum absolute atomic E-state index is 0.0276. The molecule has 0 spiro atoms. The average Bonchev–Trinajstić information content (AvgIpc) is 2.79. The molecule has 0 radical (unpaired) electrons. The number of sulfonamides is 1. The lowest BCUT2D eigenvalue weighted by molar-refractivity contribution is -0.115. The Morgan fingerprint density at radius 1 is 1.19 bits per heavy atom. The quantitative estimate of drug-likeness (QED) is 0.510. The van der Waals surface area contributed by atoms with E-state index < -0.39 is 15.4 Å². The Morgan fingerprint density at radius 3 is 2.59 bits per heavy atom. The Balaban J connectivity index is 1.64. The third kappa shape index (κ3) is 4.03. The second kappa shape index (κ2) is 8.44. The summed E-state index contributed by atoms with van der Waals surface area (Å²) in [5, 5.41) is 11.1. The molecule has 0 amide bonds. The van der Waals surface area contributed by atoms with Crippen LogP contribution in [0.5, 0.6) is 0 Å². The molecule has 8 heteroatoms. The number of nitrogens with one attached hydrogen (secondary N) is 2. The van der Waals surface area contributed by atoms with Crippen molar-refractivity contribution in [2.45, 2.75) is 24.7 Å². The largest absolute Gasteiger partial charge is 0.355 e. The van der Waals surface area contributed by atoms with Gasteiger partial charge in [0.25, 0.3) is 0 Å². The van der Waals surface area contributed by atoms with Crippen molar-refractivity contribution in [3.05, 3.63) is 82.8 Å². The van der Waals surface area contributed by atoms with Gasteiger partial charge < -0.3 is 15.5 Å². The van der Waals surface area contributed by atoms with Gasteiger partial charge in [0.1, 0.15) is 12.1 Å². The molecule has 2 aromatic rings. The van der Waals surface area contributed by atoms with Gasteiger partial charge in [-0.3, -0.25) is 0 Å². The third-order valence-corrected chi connectivity index (χ3v) is 7.89. The molecule has 0 unspecified atom stereocenters. The molecule has 2 N–H and O–H groups in total. The zero-order valence-electron chi connectivity index (χ0n) is 17.6. The minimum atomic E-state index is -3.75. The summed E-state index contributed by atoms with van der Waals surface area (Å²) in [4.78, 5) is 12.5. The van der Waals surface area contributed by atoms with Crippen LogP contribution in [0.4, 0.5) is 10.1 Å². The molecule has 1 atom stereocenters. The van der Waals surface area contributed by atoms with E-state index in [0.29, 0.717) is 23.4 Å². The number of benzene rings is 2. The molecule has 1 aliphatic carbocycles. The van der Waals surface area contributed by atoms with Crippen molar-refractivity contribution in [3.8, 4) is 0 Å². The molecule has 0 aromatic heterocycles. The van der Waals surface area contributed by atoms with Crippen molar-refractivity contribution in [2.24, 2.45) is 5.41 Å². The lowest BCUT2D eigenvalue weighted by Crippen LogP contribution is -2.49.